The van der Waals surface area contributed by atoms with Gasteiger partial charge in [-0.25, -0.2) is 4.39 Å². The lowest BCUT2D eigenvalue weighted by molar-refractivity contribution is 0.00353. The topological polar surface area (TPSA) is 35.2 Å². The Kier molecular flexibility index (Phi) is 4.88. The van der Waals surface area contributed by atoms with Crippen LogP contribution in [0.3, 0.4) is 0 Å². The van der Waals surface area contributed by atoms with Gasteiger partial charge >= 0.3 is 0 Å². The van der Waals surface area contributed by atoms with Gasteiger partial charge in [0, 0.05) is 11.1 Å². The minimum Gasteiger partial charge on any atom is -0.389 e. The highest BCUT2D eigenvalue weighted by Gasteiger charge is 2.19. The van der Waals surface area contributed by atoms with E-state index >= 15 is 0 Å². The van der Waals surface area contributed by atoms with E-state index in [2.05, 4.69) is 6.92 Å². The number of benzene rings is 1. The van der Waals surface area contributed by atoms with Crippen molar-refractivity contribution in [1.82, 2.24) is 0 Å². The van der Waals surface area contributed by atoms with Crippen LogP contribution in [0.1, 0.15) is 43.7 Å². The third-order valence-electron chi connectivity index (χ3n) is 3.69. The van der Waals surface area contributed by atoms with Gasteiger partial charge in [0.25, 0.3) is 0 Å². The van der Waals surface area contributed by atoms with Gasteiger partial charge in [-0.05, 0) is 37.0 Å². The van der Waals surface area contributed by atoms with Crippen LogP contribution in [-0.4, -0.2) is 11.1 Å². The van der Waals surface area contributed by atoms with E-state index in [0.717, 1.165) is 12.8 Å². The Morgan fingerprint density at radius 3 is 2.95 bits per heavy atom. The number of ether oxygens (including phenoxy) is 1. The van der Waals surface area contributed by atoms with Crippen molar-refractivity contribution in [3.63, 3.8) is 0 Å². The molecule has 1 aliphatic rings. The van der Waals surface area contributed by atoms with E-state index in [4.69, 9.17) is 22.7 Å². The fourth-order valence-electron chi connectivity index (χ4n) is 2.58. The van der Waals surface area contributed by atoms with E-state index in [1.54, 1.807) is 12.1 Å². The van der Waals surface area contributed by atoms with Gasteiger partial charge in [-0.1, -0.05) is 32.0 Å². The highest BCUT2D eigenvalue weighted by atomic mass is 32.1. The average molecular weight is 281 g/mol. The zero-order valence-corrected chi connectivity index (χ0v) is 12.0. The molecule has 104 valence electrons. The molecule has 1 aliphatic carbocycles. The Morgan fingerprint density at radius 1 is 1.47 bits per heavy atom. The molecular weight excluding hydrogens is 261 g/mol. The smallest absolute Gasteiger partial charge is 0.128 e. The first kappa shape index (κ1) is 14.4. The van der Waals surface area contributed by atoms with E-state index in [1.165, 1.54) is 18.9 Å². The van der Waals surface area contributed by atoms with Gasteiger partial charge in [0.1, 0.15) is 10.8 Å². The summed E-state index contributed by atoms with van der Waals surface area (Å²) in [4.78, 5) is 0.285. The number of hydrogen-bond acceptors (Lipinski definition) is 2. The van der Waals surface area contributed by atoms with Crippen molar-refractivity contribution < 1.29 is 9.13 Å². The van der Waals surface area contributed by atoms with Gasteiger partial charge in [-0.3, -0.25) is 0 Å². The summed E-state index contributed by atoms with van der Waals surface area (Å²) in [5.74, 6) is 0.440. The van der Waals surface area contributed by atoms with Gasteiger partial charge in [0.2, 0.25) is 0 Å². The van der Waals surface area contributed by atoms with Crippen molar-refractivity contribution in [1.29, 1.82) is 0 Å². The third kappa shape index (κ3) is 3.98. The summed E-state index contributed by atoms with van der Waals surface area (Å²) in [6.45, 7) is 2.53. The predicted molar refractivity (Wildman–Crippen MR) is 78.5 cm³/mol. The van der Waals surface area contributed by atoms with Gasteiger partial charge < -0.3 is 10.5 Å². The fourth-order valence-corrected chi connectivity index (χ4v) is 2.70. The lowest BCUT2D eigenvalue weighted by atomic mass is 9.89. The van der Waals surface area contributed by atoms with Crippen molar-refractivity contribution in [3.05, 3.63) is 35.1 Å². The summed E-state index contributed by atoms with van der Waals surface area (Å²) < 4.78 is 19.5. The van der Waals surface area contributed by atoms with E-state index in [0.29, 0.717) is 23.7 Å². The maximum Gasteiger partial charge on any atom is 0.128 e. The Bertz CT molecular complexity index is 463. The standard InChI is InChI=1S/C15H20FNOS/c1-10-3-2-4-13(7-10)18-9-12-8-11(15(17)19)5-6-14(12)16/h5-6,8,10,13H,2-4,7,9H2,1H3,(H2,17,19). The molecule has 0 bridgehead atoms. The second kappa shape index (κ2) is 6.44. The molecule has 0 amide bonds. The quantitative estimate of drug-likeness (QED) is 0.857. The summed E-state index contributed by atoms with van der Waals surface area (Å²) in [5.41, 5.74) is 6.78. The highest BCUT2D eigenvalue weighted by molar-refractivity contribution is 7.80. The van der Waals surface area contributed by atoms with E-state index in [1.807, 2.05) is 0 Å². The molecule has 2 atom stereocenters. The third-order valence-corrected chi connectivity index (χ3v) is 3.93. The molecule has 2 N–H and O–H groups in total. The summed E-state index contributed by atoms with van der Waals surface area (Å²) in [5, 5.41) is 0. The van der Waals surface area contributed by atoms with Crippen molar-refractivity contribution in [2.75, 3.05) is 0 Å². The molecule has 1 aromatic rings. The van der Waals surface area contributed by atoms with E-state index in [9.17, 15) is 4.39 Å². The Morgan fingerprint density at radius 2 is 2.26 bits per heavy atom. The van der Waals surface area contributed by atoms with Crippen molar-refractivity contribution in [2.45, 2.75) is 45.3 Å². The molecule has 2 unspecified atom stereocenters. The zero-order chi connectivity index (χ0) is 13.8. The lowest BCUT2D eigenvalue weighted by Gasteiger charge is -2.26. The summed E-state index contributed by atoms with van der Waals surface area (Å²) in [7, 11) is 0. The summed E-state index contributed by atoms with van der Waals surface area (Å²) in [6, 6.07) is 4.68. The largest absolute Gasteiger partial charge is 0.389 e. The van der Waals surface area contributed by atoms with Crippen molar-refractivity contribution in [3.8, 4) is 0 Å². The molecule has 0 radical (unpaired) electrons. The van der Waals surface area contributed by atoms with Gasteiger partial charge in [0.05, 0.1) is 12.7 Å². The van der Waals surface area contributed by atoms with Crippen LogP contribution in [0.2, 0.25) is 0 Å². The lowest BCUT2D eigenvalue weighted by Crippen LogP contribution is -2.21. The SMILES string of the molecule is CC1CCCC(OCc2cc(C(N)=S)ccc2F)C1. The molecule has 2 rings (SSSR count). The molecule has 1 aromatic carbocycles. The van der Waals surface area contributed by atoms with Crippen LogP contribution in [0.4, 0.5) is 4.39 Å². The van der Waals surface area contributed by atoms with Crippen LogP contribution >= 0.6 is 12.2 Å². The molecule has 19 heavy (non-hydrogen) atoms. The van der Waals surface area contributed by atoms with Crippen LogP contribution in [-0.2, 0) is 11.3 Å². The zero-order valence-electron chi connectivity index (χ0n) is 11.2. The van der Waals surface area contributed by atoms with Crippen LogP contribution in [0, 0.1) is 11.7 Å². The second-order valence-corrected chi connectivity index (χ2v) is 5.82. The maximum absolute atomic E-state index is 13.7. The molecule has 2 nitrogen and oxygen atoms in total. The Labute approximate surface area is 119 Å². The molecule has 0 aromatic heterocycles. The maximum atomic E-state index is 13.7. The number of thiocarbonyl (C=S) groups is 1. The number of halogens is 1. The average Bonchev–Trinajstić information content (AvgIpc) is 2.37. The number of hydrogen-bond donors (Lipinski definition) is 1. The minimum atomic E-state index is -0.260. The van der Waals surface area contributed by atoms with Crippen LogP contribution in [0.15, 0.2) is 18.2 Å². The van der Waals surface area contributed by atoms with Gasteiger partial charge in [0.15, 0.2) is 0 Å². The molecule has 1 saturated carbocycles. The first-order chi connectivity index (χ1) is 9.06. The first-order valence-corrected chi connectivity index (χ1v) is 7.17. The van der Waals surface area contributed by atoms with Crippen molar-refractivity contribution >= 4 is 17.2 Å². The fraction of sp³-hybridized carbons (Fsp3) is 0.533. The summed E-state index contributed by atoms with van der Waals surface area (Å²) >= 11 is 4.90. The summed E-state index contributed by atoms with van der Waals surface area (Å²) in [6.07, 6.45) is 4.85. The highest BCUT2D eigenvalue weighted by Crippen LogP contribution is 2.26. The number of rotatable bonds is 4. The molecule has 4 heteroatoms. The van der Waals surface area contributed by atoms with Crippen molar-refractivity contribution in [2.24, 2.45) is 11.7 Å². The monoisotopic (exact) mass is 281 g/mol. The van der Waals surface area contributed by atoms with Crippen LogP contribution in [0.25, 0.3) is 0 Å². The van der Waals surface area contributed by atoms with Gasteiger partial charge in [-0.2, -0.15) is 0 Å². The molecule has 0 aliphatic heterocycles. The van der Waals surface area contributed by atoms with Crippen LogP contribution < -0.4 is 5.73 Å². The predicted octanol–water partition coefficient (Wildman–Crippen LogP) is 3.56. The van der Waals surface area contributed by atoms with Gasteiger partial charge in [-0.15, -0.1) is 0 Å². The number of nitrogens with two attached hydrogens (primary N) is 1. The molecule has 0 heterocycles. The molecular formula is C15H20FNOS. The van der Waals surface area contributed by atoms with Crippen LogP contribution in [0.5, 0.6) is 0 Å². The van der Waals surface area contributed by atoms with E-state index < -0.39 is 0 Å². The molecule has 1 fully saturated rings. The Balaban J connectivity index is 1.98. The minimum absolute atomic E-state index is 0.247. The molecule has 0 spiro atoms. The Hall–Kier alpha value is -1.00. The second-order valence-electron chi connectivity index (χ2n) is 5.38. The first-order valence-electron chi connectivity index (χ1n) is 6.76. The molecule has 0 saturated heterocycles. The normalized spacial score (nSPS) is 23.3. The van der Waals surface area contributed by atoms with E-state index in [-0.39, 0.29) is 16.9 Å².